The van der Waals surface area contributed by atoms with Gasteiger partial charge in [0.1, 0.15) is 0 Å². The van der Waals surface area contributed by atoms with Gasteiger partial charge in [-0.15, -0.1) is 37.2 Å². The molecule has 6 nitrogen and oxygen atoms in total. The van der Waals surface area contributed by atoms with Gasteiger partial charge in [-0.05, 0) is 52.9 Å². The first kappa shape index (κ1) is 24.9. The van der Waals surface area contributed by atoms with E-state index >= 15 is 0 Å². The molecule has 4 heterocycles. The predicted octanol–water partition coefficient (Wildman–Crippen LogP) is 3.82. The highest BCUT2D eigenvalue weighted by atomic mass is 35.5. The summed E-state index contributed by atoms with van der Waals surface area (Å²) in [6, 6.07) is 7.46. The molecule has 0 spiro atoms. The summed E-state index contributed by atoms with van der Waals surface area (Å²) in [5, 5.41) is 2.91. The Hall–Kier alpha value is -2.12. The molecule has 0 aliphatic carbocycles. The number of hydrogen-bond acceptors (Lipinski definition) is 5. The van der Waals surface area contributed by atoms with E-state index < -0.39 is 0 Å². The van der Waals surface area contributed by atoms with E-state index in [1.165, 1.54) is 23.0 Å². The predicted molar refractivity (Wildman–Crippen MR) is 118 cm³/mol. The van der Waals surface area contributed by atoms with Crippen LogP contribution < -0.4 is 5.32 Å². The molecule has 0 fully saturated rings. The molecule has 156 valence electrons. The van der Waals surface area contributed by atoms with Crippen molar-refractivity contribution in [2.75, 3.05) is 6.54 Å². The third-order valence-electron chi connectivity index (χ3n) is 4.65. The van der Waals surface area contributed by atoms with Crippen molar-refractivity contribution in [3.05, 3.63) is 83.3 Å². The van der Waals surface area contributed by atoms with Crippen LogP contribution in [0.1, 0.15) is 32.8 Å². The molecule has 29 heavy (non-hydrogen) atoms. The van der Waals surface area contributed by atoms with Crippen LogP contribution >= 0.6 is 37.2 Å². The minimum absolute atomic E-state index is 0. The zero-order chi connectivity index (χ0) is 17.8. The van der Waals surface area contributed by atoms with Gasteiger partial charge in [0.25, 0.3) is 5.91 Å². The van der Waals surface area contributed by atoms with E-state index in [9.17, 15) is 4.79 Å². The van der Waals surface area contributed by atoms with Crippen LogP contribution in [0, 0.1) is 0 Å². The van der Waals surface area contributed by atoms with Gasteiger partial charge in [-0.2, -0.15) is 0 Å². The first-order valence-electron chi connectivity index (χ1n) is 8.67. The van der Waals surface area contributed by atoms with E-state index in [1.54, 1.807) is 12.1 Å². The summed E-state index contributed by atoms with van der Waals surface area (Å²) in [4.78, 5) is 22.9. The van der Waals surface area contributed by atoms with Gasteiger partial charge in [-0.3, -0.25) is 19.7 Å². The highest BCUT2D eigenvalue weighted by molar-refractivity contribution is 5.91. The monoisotopic (exact) mass is 456 g/mol. The van der Waals surface area contributed by atoms with Crippen LogP contribution in [0.25, 0.3) is 0 Å². The number of rotatable bonds is 5. The van der Waals surface area contributed by atoms with Crippen molar-refractivity contribution in [3.63, 3.8) is 0 Å². The van der Waals surface area contributed by atoms with Crippen LogP contribution in [-0.2, 0) is 26.1 Å². The Labute approximate surface area is 188 Å². The van der Waals surface area contributed by atoms with Crippen molar-refractivity contribution >= 4 is 43.1 Å². The molecule has 0 aromatic carbocycles. The van der Waals surface area contributed by atoms with Gasteiger partial charge in [-0.1, -0.05) is 0 Å². The number of carbonyl (C=O) groups excluding carboxylic acids is 1. The number of fused-ring (bicyclic) bond motifs is 1. The molecule has 1 N–H and O–H groups in total. The maximum absolute atomic E-state index is 12.1. The third-order valence-corrected chi connectivity index (χ3v) is 4.65. The number of nitrogens with one attached hydrogen (secondary N) is 1. The fourth-order valence-corrected chi connectivity index (χ4v) is 3.33. The molecule has 4 rings (SSSR count). The molecule has 0 radical (unpaired) electrons. The number of furan rings is 1. The van der Waals surface area contributed by atoms with Crippen LogP contribution in [0.3, 0.4) is 0 Å². The molecular formula is C20H23Cl3N4O2. The molecule has 3 aromatic heterocycles. The molecule has 0 saturated carbocycles. The van der Waals surface area contributed by atoms with Gasteiger partial charge in [0.15, 0.2) is 5.76 Å². The Morgan fingerprint density at radius 1 is 1.10 bits per heavy atom. The Bertz CT molecular complexity index is 892. The van der Waals surface area contributed by atoms with Crippen LogP contribution in [0.4, 0.5) is 0 Å². The van der Waals surface area contributed by atoms with Gasteiger partial charge in [-0.25, -0.2) is 0 Å². The van der Waals surface area contributed by atoms with E-state index in [2.05, 4.69) is 20.2 Å². The summed E-state index contributed by atoms with van der Waals surface area (Å²) in [5.74, 6) is 0.119. The van der Waals surface area contributed by atoms with Crippen molar-refractivity contribution in [1.82, 2.24) is 20.2 Å². The number of nitrogens with zero attached hydrogens (tertiary/aromatic N) is 3. The molecule has 1 aliphatic rings. The van der Waals surface area contributed by atoms with Crippen molar-refractivity contribution in [3.8, 4) is 0 Å². The van der Waals surface area contributed by atoms with Gasteiger partial charge >= 0.3 is 0 Å². The zero-order valence-electron chi connectivity index (χ0n) is 15.6. The van der Waals surface area contributed by atoms with E-state index in [-0.39, 0.29) is 43.1 Å². The lowest BCUT2D eigenvalue weighted by atomic mass is 9.96. The molecule has 9 heteroatoms. The molecule has 1 amide bonds. The maximum Gasteiger partial charge on any atom is 0.287 e. The van der Waals surface area contributed by atoms with Crippen molar-refractivity contribution in [2.24, 2.45) is 0 Å². The lowest BCUT2D eigenvalue weighted by Gasteiger charge is -2.29. The highest BCUT2D eigenvalue weighted by Crippen LogP contribution is 2.23. The normalized spacial score (nSPS) is 12.6. The Kier molecular flexibility index (Phi) is 10.1. The average Bonchev–Trinajstić information content (AvgIpc) is 3.21. The molecule has 0 bridgehead atoms. The van der Waals surface area contributed by atoms with E-state index in [1.807, 2.05) is 36.9 Å². The van der Waals surface area contributed by atoms with Gasteiger partial charge in [0, 0.05) is 51.0 Å². The molecule has 0 saturated heterocycles. The van der Waals surface area contributed by atoms with Crippen molar-refractivity contribution in [2.45, 2.75) is 26.1 Å². The lowest BCUT2D eigenvalue weighted by Crippen LogP contribution is -2.32. The Balaban J connectivity index is 0.00000140. The fourth-order valence-electron chi connectivity index (χ4n) is 3.33. The summed E-state index contributed by atoms with van der Waals surface area (Å²) < 4.78 is 5.13. The first-order chi connectivity index (χ1) is 12.8. The number of halogens is 3. The minimum atomic E-state index is -0.206. The molecule has 1 aliphatic heterocycles. The summed E-state index contributed by atoms with van der Waals surface area (Å²) in [5.41, 5.74) is 4.87. The number of aromatic nitrogens is 2. The summed E-state index contributed by atoms with van der Waals surface area (Å²) in [6.45, 7) is 3.21. The van der Waals surface area contributed by atoms with Gasteiger partial charge in [0.05, 0.1) is 6.26 Å². The molecular weight excluding hydrogens is 435 g/mol. The third kappa shape index (κ3) is 6.18. The van der Waals surface area contributed by atoms with Gasteiger partial charge < -0.3 is 9.73 Å². The average molecular weight is 458 g/mol. The van der Waals surface area contributed by atoms with Crippen LogP contribution in [-0.4, -0.2) is 27.3 Å². The quantitative estimate of drug-likeness (QED) is 0.630. The zero-order valence-corrected chi connectivity index (χ0v) is 18.1. The van der Waals surface area contributed by atoms with Crippen molar-refractivity contribution in [1.29, 1.82) is 0 Å². The molecule has 3 aromatic rings. The van der Waals surface area contributed by atoms with Crippen molar-refractivity contribution < 1.29 is 9.21 Å². The SMILES string of the molecule is Cl.Cl.Cl.O=C(NCc1cncc2c1CCN(Cc1ccncc1)C2)c1ccco1. The number of hydrogen-bond donors (Lipinski definition) is 1. The van der Waals surface area contributed by atoms with Crippen LogP contribution in [0.5, 0.6) is 0 Å². The Morgan fingerprint density at radius 2 is 1.90 bits per heavy atom. The van der Waals surface area contributed by atoms with E-state index in [0.717, 1.165) is 31.6 Å². The Morgan fingerprint density at radius 3 is 2.62 bits per heavy atom. The summed E-state index contributed by atoms with van der Waals surface area (Å²) in [6.07, 6.45) is 9.89. The molecule has 0 unspecified atom stereocenters. The fraction of sp³-hybridized carbons (Fsp3) is 0.250. The number of pyridine rings is 2. The second-order valence-corrected chi connectivity index (χ2v) is 6.41. The second-order valence-electron chi connectivity index (χ2n) is 6.41. The largest absolute Gasteiger partial charge is 0.459 e. The van der Waals surface area contributed by atoms with E-state index in [0.29, 0.717) is 12.3 Å². The first-order valence-corrected chi connectivity index (χ1v) is 8.67. The van der Waals surface area contributed by atoms with Crippen LogP contribution in [0.15, 0.2) is 59.7 Å². The molecule has 0 atom stereocenters. The standard InChI is InChI=1S/C20H20N4O2.3ClH/c25-20(19-2-1-9-26-19)23-12-16-10-22-11-17-14-24(8-5-18(16)17)13-15-3-6-21-7-4-15;;;/h1-4,6-7,9-11H,5,8,12-14H2,(H,23,25);3*1H. The minimum Gasteiger partial charge on any atom is -0.459 e. The maximum atomic E-state index is 12.1. The topological polar surface area (TPSA) is 71.3 Å². The lowest BCUT2D eigenvalue weighted by molar-refractivity contribution is 0.0923. The van der Waals surface area contributed by atoms with E-state index in [4.69, 9.17) is 4.42 Å². The number of carbonyl (C=O) groups is 1. The number of amides is 1. The highest BCUT2D eigenvalue weighted by Gasteiger charge is 2.20. The summed E-state index contributed by atoms with van der Waals surface area (Å²) in [7, 11) is 0. The van der Waals surface area contributed by atoms with Gasteiger partial charge in [0.2, 0.25) is 0 Å². The van der Waals surface area contributed by atoms with Crippen LogP contribution in [0.2, 0.25) is 0 Å². The smallest absolute Gasteiger partial charge is 0.287 e. The summed E-state index contributed by atoms with van der Waals surface area (Å²) >= 11 is 0. The second kappa shape index (κ2) is 11.8.